The first-order valence-corrected chi connectivity index (χ1v) is 16.5. The molecular weight excluding hydrogens is 650 g/mol. The third-order valence-corrected chi connectivity index (χ3v) is 9.70. The SMILES string of the molecule is Br.CC(C)n1nc(C2=C3C([N+]4(O)CCCCC4)=CC=CN3[N+](Cc3ccccc3)(Cc3ccccc3)C2c2ccccc2)ccc1=O. The Hall–Kier alpha value is -4.08. The summed E-state index contributed by atoms with van der Waals surface area (Å²) in [5, 5.41) is 19.9. The van der Waals surface area contributed by atoms with Crippen molar-refractivity contribution >= 4 is 22.6 Å². The lowest BCUT2D eigenvalue weighted by Gasteiger charge is -2.47. The monoisotopic (exact) mass is 693 g/mol. The van der Waals surface area contributed by atoms with E-state index in [4.69, 9.17) is 5.10 Å². The first kappa shape index (κ1) is 32.8. The number of benzene rings is 3. The highest BCUT2D eigenvalue weighted by Gasteiger charge is 2.59. The predicted molar refractivity (Wildman–Crippen MR) is 191 cm³/mol. The lowest BCUT2D eigenvalue weighted by Crippen LogP contribution is -2.57. The fourth-order valence-corrected chi connectivity index (χ4v) is 7.66. The summed E-state index contributed by atoms with van der Waals surface area (Å²) in [4.78, 5) is 13.0. The molecule has 3 aromatic carbocycles. The van der Waals surface area contributed by atoms with E-state index >= 15 is 0 Å². The van der Waals surface area contributed by atoms with Crippen LogP contribution in [0.5, 0.6) is 0 Å². The molecule has 1 saturated heterocycles. The number of fused-ring (bicyclic) bond motifs is 1. The van der Waals surface area contributed by atoms with Crippen LogP contribution in [0.15, 0.2) is 138 Å². The predicted octanol–water partition coefficient (Wildman–Crippen LogP) is 8.10. The number of hydrogen-bond donors (Lipinski definition) is 1. The molecule has 1 aromatic heterocycles. The van der Waals surface area contributed by atoms with Gasteiger partial charge in [-0.1, -0.05) is 91.0 Å². The maximum Gasteiger partial charge on any atom is 0.267 e. The molecule has 3 aliphatic heterocycles. The van der Waals surface area contributed by atoms with Crippen LogP contribution < -0.4 is 5.56 Å². The summed E-state index contributed by atoms with van der Waals surface area (Å²) < 4.78 is 1.99. The number of aromatic nitrogens is 2. The number of piperidine rings is 1. The highest BCUT2D eigenvalue weighted by molar-refractivity contribution is 8.93. The van der Waals surface area contributed by atoms with Crippen molar-refractivity contribution in [1.82, 2.24) is 14.8 Å². The maximum absolute atomic E-state index is 13.0. The van der Waals surface area contributed by atoms with E-state index in [1.54, 1.807) is 10.7 Å². The molecule has 242 valence electrons. The average molecular weight is 695 g/mol. The molecule has 1 unspecified atom stereocenters. The number of quaternary nitrogens is 2. The van der Waals surface area contributed by atoms with E-state index in [0.29, 0.717) is 30.8 Å². The number of allylic oxidation sites excluding steroid dienone is 2. The number of likely N-dealkylation sites (tertiary alicyclic amines) is 1. The third-order valence-electron chi connectivity index (χ3n) is 9.70. The Kier molecular flexibility index (Phi) is 9.48. The zero-order valence-electron chi connectivity index (χ0n) is 27.2. The molecule has 0 saturated carbocycles. The van der Waals surface area contributed by atoms with Gasteiger partial charge in [0, 0.05) is 41.7 Å². The summed E-state index contributed by atoms with van der Waals surface area (Å²) in [7, 11) is 0. The van der Waals surface area contributed by atoms with Crippen LogP contribution in [0, 0.1) is 0 Å². The number of hydrogen-bond acceptors (Lipinski definition) is 4. The second-order valence-electron chi connectivity index (χ2n) is 13.1. The summed E-state index contributed by atoms with van der Waals surface area (Å²) >= 11 is 0. The van der Waals surface area contributed by atoms with Gasteiger partial charge >= 0.3 is 0 Å². The smallest absolute Gasteiger partial charge is 0.267 e. The maximum atomic E-state index is 13.0. The van der Waals surface area contributed by atoms with E-state index in [9.17, 15) is 10.0 Å². The summed E-state index contributed by atoms with van der Waals surface area (Å²) in [5.74, 6) is 0. The summed E-state index contributed by atoms with van der Waals surface area (Å²) in [6.45, 7) is 6.72. The number of hydroxylamine groups is 3. The van der Waals surface area contributed by atoms with E-state index in [2.05, 4.69) is 114 Å². The molecule has 1 fully saturated rings. The van der Waals surface area contributed by atoms with Gasteiger partial charge in [0.15, 0.2) is 17.4 Å². The molecular formula is C39H44BrN5O2+2. The molecule has 0 amide bonds. The average Bonchev–Trinajstić information content (AvgIpc) is 3.36. The molecule has 7 rings (SSSR count). The van der Waals surface area contributed by atoms with Gasteiger partial charge in [-0.05, 0) is 32.4 Å². The molecule has 3 aliphatic rings. The van der Waals surface area contributed by atoms with Crippen LogP contribution in [0.2, 0.25) is 0 Å². The molecule has 47 heavy (non-hydrogen) atoms. The van der Waals surface area contributed by atoms with Crippen LogP contribution in [0.3, 0.4) is 0 Å². The van der Waals surface area contributed by atoms with E-state index in [1.807, 2.05) is 19.9 Å². The van der Waals surface area contributed by atoms with Crippen LogP contribution in [0.25, 0.3) is 5.57 Å². The Bertz CT molecular complexity index is 1800. The number of nitrogens with zero attached hydrogens (tertiary/aromatic N) is 5. The zero-order chi connectivity index (χ0) is 31.7. The first-order valence-electron chi connectivity index (χ1n) is 16.5. The Labute approximate surface area is 287 Å². The minimum atomic E-state index is -0.190. The Morgan fingerprint density at radius 1 is 0.809 bits per heavy atom. The molecule has 0 radical (unpaired) electrons. The van der Waals surface area contributed by atoms with Gasteiger partial charge in [0.1, 0.15) is 26.2 Å². The van der Waals surface area contributed by atoms with Gasteiger partial charge in [0.05, 0.1) is 23.5 Å². The highest BCUT2D eigenvalue weighted by Crippen LogP contribution is 2.56. The zero-order valence-corrected chi connectivity index (χ0v) is 28.9. The summed E-state index contributed by atoms with van der Waals surface area (Å²) in [5.41, 5.74) is 7.13. The van der Waals surface area contributed by atoms with Crippen LogP contribution in [-0.4, -0.2) is 42.3 Å². The van der Waals surface area contributed by atoms with E-state index in [-0.39, 0.29) is 39.3 Å². The highest BCUT2D eigenvalue weighted by atomic mass is 79.9. The molecule has 1 atom stereocenters. The molecule has 4 heterocycles. The number of rotatable bonds is 8. The van der Waals surface area contributed by atoms with Crippen molar-refractivity contribution in [3.05, 3.63) is 166 Å². The van der Waals surface area contributed by atoms with Gasteiger partial charge in [-0.15, -0.1) is 21.6 Å². The number of halogens is 1. The van der Waals surface area contributed by atoms with Crippen molar-refractivity contribution in [1.29, 1.82) is 0 Å². The van der Waals surface area contributed by atoms with Gasteiger partial charge in [-0.25, -0.2) is 9.89 Å². The van der Waals surface area contributed by atoms with Gasteiger partial charge in [-0.3, -0.25) is 4.79 Å². The lowest BCUT2D eigenvalue weighted by atomic mass is 9.91. The van der Waals surface area contributed by atoms with E-state index < -0.39 is 0 Å². The third kappa shape index (κ3) is 6.07. The van der Waals surface area contributed by atoms with Crippen molar-refractivity contribution in [3.63, 3.8) is 0 Å². The van der Waals surface area contributed by atoms with E-state index in [0.717, 1.165) is 47.5 Å². The topological polar surface area (TPSA) is 58.4 Å². The molecule has 7 nitrogen and oxygen atoms in total. The van der Waals surface area contributed by atoms with Gasteiger partial charge < -0.3 is 0 Å². The summed E-state index contributed by atoms with van der Waals surface area (Å²) in [6, 6.07) is 35.3. The molecule has 4 aromatic rings. The van der Waals surface area contributed by atoms with Gasteiger partial charge in [-0.2, -0.15) is 14.7 Å². The quantitative estimate of drug-likeness (QED) is 0.190. The fourth-order valence-electron chi connectivity index (χ4n) is 7.66. The minimum Gasteiger partial charge on any atom is -0.268 e. The molecule has 1 N–H and O–H groups in total. The van der Waals surface area contributed by atoms with E-state index in [1.165, 1.54) is 11.1 Å². The molecule has 0 aliphatic carbocycles. The first-order chi connectivity index (χ1) is 22.4. The van der Waals surface area contributed by atoms with Crippen molar-refractivity contribution in [2.75, 3.05) is 13.1 Å². The second-order valence-corrected chi connectivity index (χ2v) is 13.1. The lowest BCUT2D eigenvalue weighted by molar-refractivity contribution is -1.08. The van der Waals surface area contributed by atoms with Crippen molar-refractivity contribution in [3.8, 4) is 0 Å². The van der Waals surface area contributed by atoms with Crippen LogP contribution >= 0.6 is 17.0 Å². The fraction of sp³-hybridized carbons (Fsp3) is 0.282. The van der Waals surface area contributed by atoms with Gasteiger partial charge in [0.2, 0.25) is 0 Å². The van der Waals surface area contributed by atoms with Crippen LogP contribution in [0.4, 0.5) is 0 Å². The largest absolute Gasteiger partial charge is 0.268 e. The minimum absolute atomic E-state index is 0. The normalized spacial score (nSPS) is 19.7. The standard InChI is InChI=1S/C39H43N5O2.BrH/c1-30(2)42-36(45)24-23-34(40-42)37-38-35(44(46)26-13-6-14-27-44)22-15-25-41(38)43(28-31-16-7-3-8-17-31,29-32-18-9-4-10-19-32)39(37)33-20-11-5-12-21-33;/h3-5,7-12,15-25,30,39,46H,6,13-14,26-29H2,1-2H3;1H/q+2;. The van der Waals surface area contributed by atoms with Gasteiger partial charge in [0.25, 0.3) is 5.56 Å². The molecule has 0 spiro atoms. The van der Waals surface area contributed by atoms with Crippen molar-refractivity contribution in [2.45, 2.75) is 58.3 Å². The van der Waals surface area contributed by atoms with Crippen molar-refractivity contribution < 1.29 is 14.4 Å². The summed E-state index contributed by atoms with van der Waals surface area (Å²) in [6.07, 6.45) is 9.43. The van der Waals surface area contributed by atoms with Crippen LogP contribution in [-0.2, 0) is 13.1 Å². The Balaban J connectivity index is 0.00000386. The molecule has 0 bridgehead atoms. The Morgan fingerprint density at radius 2 is 1.38 bits per heavy atom. The van der Waals surface area contributed by atoms with Crippen molar-refractivity contribution in [2.24, 2.45) is 0 Å². The second kappa shape index (κ2) is 13.6. The van der Waals surface area contributed by atoms with Crippen LogP contribution in [0.1, 0.15) is 67.6 Å². The molecule has 8 heteroatoms. The Morgan fingerprint density at radius 3 is 1.96 bits per heavy atom.